The third-order valence-corrected chi connectivity index (χ3v) is 12.8. The fourth-order valence-electron chi connectivity index (χ4n) is 3.74. The van der Waals surface area contributed by atoms with Crippen molar-refractivity contribution in [2.45, 2.75) is 37.8 Å². The van der Waals surface area contributed by atoms with E-state index in [0.29, 0.717) is 12.1 Å². The van der Waals surface area contributed by atoms with Crippen molar-refractivity contribution in [1.29, 1.82) is 0 Å². The molecule has 2 aromatic carbocycles. The Morgan fingerprint density at radius 1 is 0.606 bits per heavy atom. The second-order valence-electron chi connectivity index (χ2n) is 7.88. The van der Waals surface area contributed by atoms with E-state index < -0.39 is 17.6 Å². The number of benzene rings is 2. The van der Waals surface area contributed by atoms with Gasteiger partial charge in [-0.3, -0.25) is 0 Å². The van der Waals surface area contributed by atoms with Crippen molar-refractivity contribution in [3.05, 3.63) is 83.9 Å². The van der Waals surface area contributed by atoms with Gasteiger partial charge in [-0.2, -0.15) is 0 Å². The van der Waals surface area contributed by atoms with Crippen LogP contribution in [-0.4, -0.2) is 46.0 Å². The summed E-state index contributed by atoms with van der Waals surface area (Å²) in [4.78, 5) is 0. The van der Waals surface area contributed by atoms with Crippen molar-refractivity contribution in [3.8, 4) is 0 Å². The largest absolute Gasteiger partial charge is 0.493 e. The predicted octanol–water partition coefficient (Wildman–Crippen LogP) is 6.02. The van der Waals surface area contributed by atoms with Crippen molar-refractivity contribution in [1.82, 2.24) is 0 Å². The molecule has 0 aliphatic carbocycles. The molecular formula is C26H38O5Si2. The third kappa shape index (κ3) is 8.15. The summed E-state index contributed by atoms with van der Waals surface area (Å²) in [5.74, 6) is 0. The summed E-state index contributed by atoms with van der Waals surface area (Å²) in [5, 5.41) is 0. The summed E-state index contributed by atoms with van der Waals surface area (Å²) in [6.45, 7) is 7.61. The quantitative estimate of drug-likeness (QED) is 0.272. The molecule has 0 N–H and O–H groups in total. The van der Waals surface area contributed by atoms with Gasteiger partial charge in [0, 0.05) is 40.5 Å². The molecule has 33 heavy (non-hydrogen) atoms. The Morgan fingerprint density at radius 3 is 1.21 bits per heavy atom. The molecule has 0 heterocycles. The summed E-state index contributed by atoms with van der Waals surface area (Å²) < 4.78 is 30.0. The standard InChI is InChI=1S/C26H38O5Si2/c1-7-23-13-17-25(18-14-23)11-9-21-32(27-3,28-4)31-33(29-5,30-6)22-10-12-26-19-15-24(8-2)16-20-26/h7-8,13-20H,1-2,9-12,21-22H2,3-6H3. The summed E-state index contributed by atoms with van der Waals surface area (Å²) in [7, 11) is 0.713. The van der Waals surface area contributed by atoms with Gasteiger partial charge in [0.05, 0.1) is 0 Å². The molecule has 0 aliphatic rings. The summed E-state index contributed by atoms with van der Waals surface area (Å²) in [6.07, 6.45) is 7.29. The van der Waals surface area contributed by atoms with Crippen LogP contribution in [0.4, 0.5) is 0 Å². The van der Waals surface area contributed by atoms with Gasteiger partial charge < -0.3 is 21.8 Å². The van der Waals surface area contributed by atoms with Gasteiger partial charge in [-0.15, -0.1) is 0 Å². The molecule has 0 fully saturated rings. The van der Waals surface area contributed by atoms with E-state index in [9.17, 15) is 0 Å². The molecule has 0 atom stereocenters. The van der Waals surface area contributed by atoms with E-state index >= 15 is 0 Å². The monoisotopic (exact) mass is 486 g/mol. The minimum Gasteiger partial charge on any atom is -0.377 e. The zero-order valence-electron chi connectivity index (χ0n) is 20.5. The maximum atomic E-state index is 6.53. The van der Waals surface area contributed by atoms with Crippen LogP contribution in [0, 0.1) is 0 Å². The van der Waals surface area contributed by atoms with Crippen molar-refractivity contribution in [2.24, 2.45) is 0 Å². The smallest absolute Gasteiger partial charge is 0.377 e. The Morgan fingerprint density at radius 2 is 0.939 bits per heavy atom. The molecule has 7 heteroatoms. The molecule has 0 saturated heterocycles. The van der Waals surface area contributed by atoms with Gasteiger partial charge in [0.1, 0.15) is 0 Å². The number of hydrogen-bond donors (Lipinski definition) is 0. The van der Waals surface area contributed by atoms with Crippen molar-refractivity contribution >= 4 is 29.8 Å². The van der Waals surface area contributed by atoms with Gasteiger partial charge in [-0.1, -0.05) is 73.8 Å². The fraction of sp³-hybridized carbons (Fsp3) is 0.385. The first kappa shape index (κ1) is 27.4. The zero-order valence-corrected chi connectivity index (χ0v) is 22.5. The molecule has 0 aliphatic heterocycles. The van der Waals surface area contributed by atoms with Crippen LogP contribution in [0.5, 0.6) is 0 Å². The molecular weight excluding hydrogens is 448 g/mol. The maximum absolute atomic E-state index is 6.53. The highest BCUT2D eigenvalue weighted by molar-refractivity contribution is 6.74. The van der Waals surface area contributed by atoms with Crippen molar-refractivity contribution in [2.75, 3.05) is 28.4 Å². The number of hydrogen-bond acceptors (Lipinski definition) is 5. The fourth-order valence-corrected chi connectivity index (χ4v) is 10.2. The van der Waals surface area contributed by atoms with Crippen LogP contribution in [0.1, 0.15) is 35.1 Å². The average Bonchev–Trinajstić information content (AvgIpc) is 2.88. The molecule has 0 amide bonds. The maximum Gasteiger partial charge on any atom is 0.493 e. The predicted molar refractivity (Wildman–Crippen MR) is 140 cm³/mol. The number of rotatable bonds is 16. The van der Waals surface area contributed by atoms with Crippen LogP contribution in [0.25, 0.3) is 12.2 Å². The first-order chi connectivity index (χ1) is 16.0. The van der Waals surface area contributed by atoms with Gasteiger partial charge in [0.15, 0.2) is 0 Å². The molecule has 5 nitrogen and oxygen atoms in total. The Hall–Kier alpha value is -1.85. The molecule has 0 saturated carbocycles. The molecule has 2 aromatic rings. The second kappa shape index (κ2) is 13.8. The van der Waals surface area contributed by atoms with E-state index in [1.165, 1.54) is 11.1 Å². The molecule has 180 valence electrons. The highest BCUT2D eigenvalue weighted by Crippen LogP contribution is 2.27. The molecule has 2 rings (SSSR count). The lowest BCUT2D eigenvalue weighted by molar-refractivity contribution is 0.0860. The first-order valence-corrected chi connectivity index (χ1v) is 15.2. The molecule has 0 aromatic heterocycles. The highest BCUT2D eigenvalue weighted by atomic mass is 28.5. The molecule has 0 spiro atoms. The van der Waals surface area contributed by atoms with Crippen LogP contribution in [0.15, 0.2) is 61.7 Å². The Labute approximate surface area is 201 Å². The molecule has 0 radical (unpaired) electrons. The van der Waals surface area contributed by atoms with Gasteiger partial charge in [0.25, 0.3) is 0 Å². The Bertz CT molecular complexity index is 772. The van der Waals surface area contributed by atoms with E-state index in [4.69, 9.17) is 21.8 Å². The zero-order chi connectivity index (χ0) is 24.2. The number of aryl methyl sites for hydroxylation is 2. The highest BCUT2D eigenvalue weighted by Gasteiger charge is 2.51. The average molecular weight is 487 g/mol. The van der Waals surface area contributed by atoms with E-state index in [2.05, 4.69) is 61.7 Å². The summed E-state index contributed by atoms with van der Waals surface area (Å²) in [5.41, 5.74) is 4.76. The topological polar surface area (TPSA) is 46.2 Å². The van der Waals surface area contributed by atoms with Crippen LogP contribution in [-0.2, 0) is 34.7 Å². The van der Waals surface area contributed by atoms with Crippen LogP contribution >= 0.6 is 0 Å². The lowest BCUT2D eigenvalue weighted by atomic mass is 10.1. The van der Waals surface area contributed by atoms with Gasteiger partial charge >= 0.3 is 17.6 Å². The van der Waals surface area contributed by atoms with Gasteiger partial charge in [-0.05, 0) is 47.9 Å². The first-order valence-electron chi connectivity index (χ1n) is 11.3. The lowest BCUT2D eigenvalue weighted by Gasteiger charge is -2.35. The van der Waals surface area contributed by atoms with E-state index in [1.54, 1.807) is 28.4 Å². The Balaban J connectivity index is 1.98. The van der Waals surface area contributed by atoms with Crippen LogP contribution in [0.2, 0.25) is 12.1 Å². The summed E-state index contributed by atoms with van der Waals surface area (Å²) >= 11 is 0. The minimum absolute atomic E-state index is 0.688. The van der Waals surface area contributed by atoms with Gasteiger partial charge in [-0.25, -0.2) is 0 Å². The molecule has 0 bridgehead atoms. The minimum atomic E-state index is -2.95. The molecule has 0 unspecified atom stereocenters. The van der Waals surface area contributed by atoms with E-state index in [-0.39, 0.29) is 0 Å². The van der Waals surface area contributed by atoms with E-state index in [0.717, 1.165) is 36.8 Å². The van der Waals surface area contributed by atoms with Crippen LogP contribution < -0.4 is 0 Å². The third-order valence-electron chi connectivity index (χ3n) is 5.88. The van der Waals surface area contributed by atoms with Crippen LogP contribution in [0.3, 0.4) is 0 Å². The lowest BCUT2D eigenvalue weighted by Crippen LogP contribution is -2.57. The SMILES string of the molecule is C=Cc1ccc(CCC[Si](OC)(OC)O[Si](CCCc2ccc(C=C)cc2)(OC)OC)cc1. The Kier molecular flexibility index (Phi) is 11.4. The van der Waals surface area contributed by atoms with E-state index in [1.807, 2.05) is 12.2 Å². The second-order valence-corrected chi connectivity index (χ2v) is 14.1. The van der Waals surface area contributed by atoms with Crippen molar-refractivity contribution in [3.63, 3.8) is 0 Å². The normalized spacial score (nSPS) is 12.0. The van der Waals surface area contributed by atoms with Crippen molar-refractivity contribution < 1.29 is 21.8 Å². The van der Waals surface area contributed by atoms with Gasteiger partial charge in [0.2, 0.25) is 0 Å². The summed E-state index contributed by atoms with van der Waals surface area (Å²) in [6, 6.07) is 18.2.